The fourth-order valence-corrected chi connectivity index (χ4v) is 1.55. The molecule has 1 aromatic carbocycles. The first kappa shape index (κ1) is 13.2. The summed E-state index contributed by atoms with van der Waals surface area (Å²) in [6, 6.07) is 9.96. The molecule has 0 saturated carbocycles. The van der Waals surface area contributed by atoms with E-state index < -0.39 is 5.54 Å². The maximum Gasteiger partial charge on any atom is 0.0883 e. The lowest BCUT2D eigenvalue weighted by Gasteiger charge is -2.29. The van der Waals surface area contributed by atoms with Crippen molar-refractivity contribution in [2.75, 3.05) is 26.4 Å². The molecule has 2 N–H and O–H groups in total. The van der Waals surface area contributed by atoms with Gasteiger partial charge in [0.05, 0.1) is 18.8 Å². The number of rotatable bonds is 7. The van der Waals surface area contributed by atoms with Crippen LogP contribution in [0.15, 0.2) is 30.3 Å². The Hall–Kier alpha value is -0.900. The van der Waals surface area contributed by atoms with Crippen LogP contribution in [0.4, 0.5) is 0 Å². The van der Waals surface area contributed by atoms with Crippen molar-refractivity contribution in [3.05, 3.63) is 35.9 Å². The molecule has 1 rings (SSSR count). The van der Waals surface area contributed by atoms with Crippen molar-refractivity contribution in [1.82, 2.24) is 0 Å². The predicted molar refractivity (Wildman–Crippen MR) is 65.3 cm³/mol. The van der Waals surface area contributed by atoms with Crippen LogP contribution in [0, 0.1) is 0 Å². The summed E-state index contributed by atoms with van der Waals surface area (Å²) in [5.41, 5.74) is 6.85. The maximum atomic E-state index is 6.34. The molecular formula is C13H21NO2. The smallest absolute Gasteiger partial charge is 0.0883 e. The first-order valence-corrected chi connectivity index (χ1v) is 5.73. The van der Waals surface area contributed by atoms with Crippen LogP contribution in [-0.4, -0.2) is 26.4 Å². The lowest BCUT2D eigenvalue weighted by Crippen LogP contribution is -2.46. The van der Waals surface area contributed by atoms with Crippen molar-refractivity contribution in [3.63, 3.8) is 0 Å². The van der Waals surface area contributed by atoms with Gasteiger partial charge in [-0.3, -0.25) is 0 Å². The molecule has 3 heteroatoms. The lowest BCUT2D eigenvalue weighted by molar-refractivity contribution is 0.0288. The molecule has 0 fully saturated rings. The zero-order valence-corrected chi connectivity index (χ0v) is 10.1. The highest BCUT2D eigenvalue weighted by molar-refractivity contribution is 5.24. The van der Waals surface area contributed by atoms with Gasteiger partial charge in [-0.2, -0.15) is 0 Å². The van der Waals surface area contributed by atoms with Crippen molar-refractivity contribution in [3.8, 4) is 0 Å². The molecule has 3 nitrogen and oxygen atoms in total. The topological polar surface area (TPSA) is 44.5 Å². The number of hydrogen-bond donors (Lipinski definition) is 1. The highest BCUT2D eigenvalue weighted by Gasteiger charge is 2.27. The predicted octanol–water partition coefficient (Wildman–Crippen LogP) is 1.91. The summed E-state index contributed by atoms with van der Waals surface area (Å²) in [7, 11) is 0. The second kappa shape index (κ2) is 6.63. The highest BCUT2D eigenvalue weighted by atomic mass is 16.5. The van der Waals surface area contributed by atoms with E-state index in [4.69, 9.17) is 15.2 Å². The van der Waals surface area contributed by atoms with Crippen LogP contribution >= 0.6 is 0 Å². The largest absolute Gasteiger partial charge is 0.379 e. The number of ether oxygens (including phenoxy) is 2. The fraction of sp³-hybridized carbons (Fsp3) is 0.538. The summed E-state index contributed by atoms with van der Waals surface area (Å²) in [6.07, 6.45) is 0. The quantitative estimate of drug-likeness (QED) is 0.768. The van der Waals surface area contributed by atoms with Crippen LogP contribution in [0.2, 0.25) is 0 Å². The van der Waals surface area contributed by atoms with Crippen LogP contribution in [-0.2, 0) is 15.0 Å². The molecule has 0 aliphatic rings. The summed E-state index contributed by atoms with van der Waals surface area (Å²) >= 11 is 0. The van der Waals surface area contributed by atoms with Gasteiger partial charge in [0, 0.05) is 13.2 Å². The lowest BCUT2D eigenvalue weighted by atomic mass is 9.93. The Kier molecular flexibility index (Phi) is 5.46. The molecule has 16 heavy (non-hydrogen) atoms. The van der Waals surface area contributed by atoms with Gasteiger partial charge in [-0.1, -0.05) is 30.3 Å². The first-order valence-electron chi connectivity index (χ1n) is 5.73. The second-order valence-electron chi connectivity index (χ2n) is 3.80. The molecule has 90 valence electrons. The Bertz CT molecular complexity index is 279. The maximum absolute atomic E-state index is 6.34. The van der Waals surface area contributed by atoms with E-state index >= 15 is 0 Å². The minimum atomic E-state index is -0.548. The van der Waals surface area contributed by atoms with Crippen molar-refractivity contribution >= 4 is 0 Å². The summed E-state index contributed by atoms with van der Waals surface area (Å²) < 4.78 is 10.9. The van der Waals surface area contributed by atoms with Gasteiger partial charge in [0.2, 0.25) is 0 Å². The third-order valence-corrected chi connectivity index (χ3v) is 2.48. The molecule has 0 radical (unpaired) electrons. The number of nitrogens with two attached hydrogens (primary N) is 1. The minimum absolute atomic E-state index is 0.480. The molecule has 1 aromatic rings. The van der Waals surface area contributed by atoms with Crippen LogP contribution < -0.4 is 5.73 Å². The second-order valence-corrected chi connectivity index (χ2v) is 3.80. The Morgan fingerprint density at radius 2 is 1.50 bits per heavy atom. The van der Waals surface area contributed by atoms with Gasteiger partial charge < -0.3 is 15.2 Å². The van der Waals surface area contributed by atoms with Crippen molar-refractivity contribution < 1.29 is 9.47 Å². The van der Waals surface area contributed by atoms with Gasteiger partial charge in [-0.25, -0.2) is 0 Å². The van der Waals surface area contributed by atoms with Crippen LogP contribution in [0.5, 0.6) is 0 Å². The fourth-order valence-electron chi connectivity index (χ4n) is 1.55. The van der Waals surface area contributed by atoms with Crippen LogP contribution in [0.25, 0.3) is 0 Å². The van der Waals surface area contributed by atoms with Gasteiger partial charge in [-0.15, -0.1) is 0 Å². The van der Waals surface area contributed by atoms with E-state index in [9.17, 15) is 0 Å². The van der Waals surface area contributed by atoms with Crippen LogP contribution in [0.1, 0.15) is 19.4 Å². The molecule has 0 unspecified atom stereocenters. The van der Waals surface area contributed by atoms with Gasteiger partial charge in [0.25, 0.3) is 0 Å². The molecule has 0 aliphatic heterocycles. The van der Waals surface area contributed by atoms with Crippen molar-refractivity contribution in [1.29, 1.82) is 0 Å². The summed E-state index contributed by atoms with van der Waals surface area (Å²) in [5, 5.41) is 0. The van der Waals surface area contributed by atoms with Crippen molar-refractivity contribution in [2.45, 2.75) is 19.4 Å². The van der Waals surface area contributed by atoms with E-state index in [0.29, 0.717) is 26.4 Å². The summed E-state index contributed by atoms with van der Waals surface area (Å²) in [5.74, 6) is 0. The Balaban J connectivity index is 2.77. The monoisotopic (exact) mass is 223 g/mol. The number of hydrogen-bond acceptors (Lipinski definition) is 3. The average Bonchev–Trinajstić information content (AvgIpc) is 2.35. The molecular weight excluding hydrogens is 202 g/mol. The molecule has 0 spiro atoms. The Labute approximate surface area is 97.6 Å². The van der Waals surface area contributed by atoms with E-state index in [1.165, 1.54) is 0 Å². The SMILES string of the molecule is CCOCC(N)(COCC)c1ccccc1. The van der Waals surface area contributed by atoms with Crippen molar-refractivity contribution in [2.24, 2.45) is 5.73 Å². The standard InChI is InChI=1S/C13H21NO2/c1-3-15-10-13(14,11-16-4-2)12-8-6-5-7-9-12/h5-9H,3-4,10-11,14H2,1-2H3. The molecule has 0 saturated heterocycles. The molecule has 0 aliphatic carbocycles. The zero-order valence-electron chi connectivity index (χ0n) is 10.1. The van der Waals surface area contributed by atoms with E-state index in [1.807, 2.05) is 44.2 Å². The van der Waals surface area contributed by atoms with Gasteiger partial charge in [0.15, 0.2) is 0 Å². The highest BCUT2D eigenvalue weighted by Crippen LogP contribution is 2.19. The molecule has 0 aromatic heterocycles. The van der Waals surface area contributed by atoms with E-state index in [0.717, 1.165) is 5.56 Å². The van der Waals surface area contributed by atoms with E-state index in [-0.39, 0.29) is 0 Å². The molecule has 0 bridgehead atoms. The molecule has 0 atom stereocenters. The molecule has 0 amide bonds. The van der Waals surface area contributed by atoms with Gasteiger partial charge >= 0.3 is 0 Å². The van der Waals surface area contributed by atoms with Gasteiger partial charge in [0.1, 0.15) is 0 Å². The average molecular weight is 223 g/mol. The van der Waals surface area contributed by atoms with Gasteiger partial charge in [-0.05, 0) is 19.4 Å². The Morgan fingerprint density at radius 1 is 1.00 bits per heavy atom. The summed E-state index contributed by atoms with van der Waals surface area (Å²) in [6.45, 7) is 6.22. The normalized spacial score (nSPS) is 11.7. The number of benzene rings is 1. The van der Waals surface area contributed by atoms with Crippen LogP contribution in [0.3, 0.4) is 0 Å². The Morgan fingerprint density at radius 3 is 1.94 bits per heavy atom. The van der Waals surface area contributed by atoms with E-state index in [2.05, 4.69) is 0 Å². The zero-order chi connectivity index (χ0) is 11.9. The van der Waals surface area contributed by atoms with E-state index in [1.54, 1.807) is 0 Å². The molecule has 0 heterocycles. The minimum Gasteiger partial charge on any atom is -0.379 e. The third-order valence-electron chi connectivity index (χ3n) is 2.48. The summed E-state index contributed by atoms with van der Waals surface area (Å²) in [4.78, 5) is 0. The third kappa shape index (κ3) is 3.59. The first-order chi connectivity index (χ1) is 7.73.